The van der Waals surface area contributed by atoms with E-state index in [0.29, 0.717) is 25.3 Å². The highest BCUT2D eigenvalue weighted by Gasteiger charge is 2.26. The van der Waals surface area contributed by atoms with Gasteiger partial charge in [-0.3, -0.25) is 4.99 Å². The molecule has 28 heavy (non-hydrogen) atoms. The molecule has 0 N–H and O–H groups in total. The Kier molecular flexibility index (Phi) is 4.04. The maximum Gasteiger partial charge on any atom is 0.159 e. The number of ether oxygens (including phenoxy) is 1. The van der Waals surface area contributed by atoms with Crippen LogP contribution in [0.5, 0.6) is 5.75 Å². The second-order valence-corrected chi connectivity index (χ2v) is 6.88. The van der Waals surface area contributed by atoms with Gasteiger partial charge in [-0.25, -0.2) is 14.4 Å². The van der Waals surface area contributed by atoms with E-state index in [-0.39, 0.29) is 5.82 Å². The molecule has 0 aliphatic carbocycles. The Hall–Kier alpha value is -3.28. The van der Waals surface area contributed by atoms with E-state index < -0.39 is 0 Å². The molecular formula is C22H19FN4O. The van der Waals surface area contributed by atoms with Crippen LogP contribution in [0.2, 0.25) is 0 Å². The van der Waals surface area contributed by atoms with E-state index in [9.17, 15) is 4.39 Å². The Morgan fingerprint density at radius 1 is 1.14 bits per heavy atom. The van der Waals surface area contributed by atoms with Gasteiger partial charge >= 0.3 is 0 Å². The number of methoxy groups -OCH3 is 1. The zero-order valence-corrected chi connectivity index (χ0v) is 15.5. The second kappa shape index (κ2) is 6.71. The third kappa shape index (κ3) is 2.72. The predicted octanol–water partition coefficient (Wildman–Crippen LogP) is 4.33. The van der Waals surface area contributed by atoms with E-state index in [1.807, 2.05) is 30.5 Å². The Bertz CT molecular complexity index is 1140. The van der Waals surface area contributed by atoms with Crippen molar-refractivity contribution in [3.8, 4) is 5.75 Å². The number of hydrogen-bond donors (Lipinski definition) is 0. The number of benzene rings is 2. The highest BCUT2D eigenvalue weighted by molar-refractivity contribution is 5.94. The number of rotatable bonds is 3. The zero-order chi connectivity index (χ0) is 19.1. The summed E-state index contributed by atoms with van der Waals surface area (Å²) in [5.74, 6) is 2.03. The molecule has 0 radical (unpaired) electrons. The lowest BCUT2D eigenvalue weighted by Gasteiger charge is -2.22. The summed E-state index contributed by atoms with van der Waals surface area (Å²) in [5, 5.41) is 0.889. The number of dihydropyridines is 1. The number of allylic oxidation sites excluding steroid dienone is 1. The quantitative estimate of drug-likeness (QED) is 0.685. The molecule has 0 saturated heterocycles. The first-order valence-corrected chi connectivity index (χ1v) is 9.33. The summed E-state index contributed by atoms with van der Waals surface area (Å²) < 4.78 is 19.7. The minimum absolute atomic E-state index is 0.166. The molecule has 2 aliphatic rings. The smallest absolute Gasteiger partial charge is 0.159 e. The van der Waals surface area contributed by atoms with Gasteiger partial charge in [0.15, 0.2) is 5.82 Å². The van der Waals surface area contributed by atoms with Gasteiger partial charge < -0.3 is 9.64 Å². The van der Waals surface area contributed by atoms with Crippen LogP contribution in [0.25, 0.3) is 16.5 Å². The number of aliphatic imine (C=N–C) groups is 1. The zero-order valence-electron chi connectivity index (χ0n) is 15.5. The highest BCUT2D eigenvalue weighted by atomic mass is 19.1. The van der Waals surface area contributed by atoms with Gasteiger partial charge in [0.2, 0.25) is 0 Å². The van der Waals surface area contributed by atoms with Crippen molar-refractivity contribution in [1.82, 2.24) is 9.97 Å². The molecule has 6 heteroatoms. The van der Waals surface area contributed by atoms with Crippen molar-refractivity contribution >= 4 is 34.2 Å². The monoisotopic (exact) mass is 374 g/mol. The fourth-order valence-electron chi connectivity index (χ4n) is 3.84. The summed E-state index contributed by atoms with van der Waals surface area (Å²) in [6.45, 7) is 1.25. The molecule has 0 fully saturated rings. The van der Waals surface area contributed by atoms with Crippen LogP contribution in [0.15, 0.2) is 47.5 Å². The van der Waals surface area contributed by atoms with Crippen LogP contribution >= 0.6 is 0 Å². The molecule has 5 nitrogen and oxygen atoms in total. The van der Waals surface area contributed by atoms with Gasteiger partial charge in [0.05, 0.1) is 19.2 Å². The summed E-state index contributed by atoms with van der Waals surface area (Å²) in [5.41, 5.74) is 3.45. The van der Waals surface area contributed by atoms with Gasteiger partial charge in [0.1, 0.15) is 17.4 Å². The number of nitrogens with zero attached hydrogens (tertiary/aromatic N) is 4. The summed E-state index contributed by atoms with van der Waals surface area (Å²) in [7, 11) is 1.64. The van der Waals surface area contributed by atoms with E-state index in [1.165, 1.54) is 6.07 Å². The van der Waals surface area contributed by atoms with Crippen LogP contribution in [0, 0.1) is 5.82 Å². The van der Waals surface area contributed by atoms with Crippen molar-refractivity contribution in [3.05, 3.63) is 59.7 Å². The van der Waals surface area contributed by atoms with E-state index in [1.54, 1.807) is 13.2 Å². The van der Waals surface area contributed by atoms with Gasteiger partial charge in [0.25, 0.3) is 0 Å². The van der Waals surface area contributed by atoms with Crippen LogP contribution in [-0.2, 0) is 6.42 Å². The third-order valence-corrected chi connectivity index (χ3v) is 5.26. The van der Waals surface area contributed by atoms with Crippen LogP contribution < -0.4 is 9.64 Å². The van der Waals surface area contributed by atoms with E-state index >= 15 is 0 Å². The topological polar surface area (TPSA) is 50.6 Å². The third-order valence-electron chi connectivity index (χ3n) is 5.26. The number of aromatic nitrogens is 2. The lowest BCUT2D eigenvalue weighted by Crippen LogP contribution is -2.17. The summed E-state index contributed by atoms with van der Waals surface area (Å²) in [6.07, 6.45) is 5.45. The van der Waals surface area contributed by atoms with E-state index in [2.05, 4.69) is 16.0 Å². The summed E-state index contributed by atoms with van der Waals surface area (Å²) in [4.78, 5) is 16.1. The van der Waals surface area contributed by atoms with Gasteiger partial charge in [-0.2, -0.15) is 0 Å². The van der Waals surface area contributed by atoms with Crippen molar-refractivity contribution in [2.75, 3.05) is 25.1 Å². The fourth-order valence-corrected chi connectivity index (χ4v) is 3.84. The number of anilines is 2. The van der Waals surface area contributed by atoms with Crippen LogP contribution in [0.4, 0.5) is 15.9 Å². The fraction of sp³-hybridized carbons (Fsp3) is 0.227. The Balaban J connectivity index is 1.72. The maximum atomic E-state index is 14.3. The maximum absolute atomic E-state index is 14.3. The van der Waals surface area contributed by atoms with Gasteiger partial charge in [-0.15, -0.1) is 0 Å². The second-order valence-electron chi connectivity index (χ2n) is 6.88. The molecule has 140 valence electrons. The van der Waals surface area contributed by atoms with Crippen molar-refractivity contribution < 1.29 is 9.13 Å². The molecule has 0 saturated carbocycles. The predicted molar refractivity (Wildman–Crippen MR) is 109 cm³/mol. The minimum Gasteiger partial charge on any atom is -0.497 e. The van der Waals surface area contributed by atoms with Crippen molar-refractivity contribution in [1.29, 1.82) is 0 Å². The van der Waals surface area contributed by atoms with Crippen molar-refractivity contribution in [3.63, 3.8) is 0 Å². The van der Waals surface area contributed by atoms with Gasteiger partial charge in [-0.05, 0) is 36.8 Å². The van der Waals surface area contributed by atoms with Crippen molar-refractivity contribution in [2.45, 2.75) is 12.8 Å². The first-order chi connectivity index (χ1) is 13.7. The largest absolute Gasteiger partial charge is 0.497 e. The highest BCUT2D eigenvalue weighted by Crippen LogP contribution is 2.39. The molecule has 0 spiro atoms. The Labute approximate surface area is 162 Å². The normalized spacial score (nSPS) is 15.6. The number of halogens is 1. The summed E-state index contributed by atoms with van der Waals surface area (Å²) >= 11 is 0. The molecule has 5 rings (SSSR count). The molecule has 0 atom stereocenters. The molecule has 0 amide bonds. The van der Waals surface area contributed by atoms with E-state index in [0.717, 1.165) is 45.7 Å². The van der Waals surface area contributed by atoms with Gasteiger partial charge in [0, 0.05) is 41.4 Å². The van der Waals surface area contributed by atoms with Crippen molar-refractivity contribution in [2.24, 2.45) is 4.99 Å². The van der Waals surface area contributed by atoms with Crippen LogP contribution in [-0.4, -0.2) is 36.4 Å². The molecule has 2 aromatic carbocycles. The average molecular weight is 374 g/mol. The van der Waals surface area contributed by atoms with Crippen LogP contribution in [0.3, 0.4) is 0 Å². The minimum atomic E-state index is -0.166. The molecule has 1 aromatic heterocycles. The van der Waals surface area contributed by atoms with Crippen LogP contribution in [0.1, 0.15) is 17.8 Å². The molecule has 3 heterocycles. The first kappa shape index (κ1) is 16.9. The lowest BCUT2D eigenvalue weighted by molar-refractivity contribution is 0.415. The number of hydrogen-bond acceptors (Lipinski definition) is 5. The van der Waals surface area contributed by atoms with E-state index in [4.69, 9.17) is 14.7 Å². The van der Waals surface area contributed by atoms with Gasteiger partial charge in [-0.1, -0.05) is 12.1 Å². The Morgan fingerprint density at radius 2 is 2.07 bits per heavy atom. The molecule has 0 unspecified atom stereocenters. The Morgan fingerprint density at radius 3 is 2.89 bits per heavy atom. The first-order valence-electron chi connectivity index (χ1n) is 9.33. The molecular weight excluding hydrogens is 355 g/mol. The average Bonchev–Trinajstić information content (AvgIpc) is 3.18. The molecule has 2 aliphatic heterocycles. The molecule has 0 bridgehead atoms. The lowest BCUT2D eigenvalue weighted by atomic mass is 10.1. The molecule has 3 aromatic rings. The SMILES string of the molecule is COc1ccc2nc(C3=CCC=NC3)nc(N3CCc4c(F)cccc43)c2c1. The summed E-state index contributed by atoms with van der Waals surface area (Å²) in [6, 6.07) is 11.0. The standard InChI is InChI=1S/C22H19FN4O/c1-28-15-7-8-19-17(12-15)22(26-21(25-19)14-4-3-10-24-13-14)27-11-9-16-18(23)5-2-6-20(16)27/h2,4-8,10,12H,3,9,11,13H2,1H3. The number of fused-ring (bicyclic) bond motifs is 2.